The number of nitrogens with two attached hydrogens (primary N) is 1. The fourth-order valence-electron chi connectivity index (χ4n) is 2.03. The summed E-state index contributed by atoms with van der Waals surface area (Å²) in [6.45, 7) is 0. The second-order valence-corrected chi connectivity index (χ2v) is 6.73. The minimum atomic E-state index is -0.324. The number of carbonyl (C=O) groups excluding carboxylic acids is 1. The zero-order valence-electron chi connectivity index (χ0n) is 12.6. The summed E-state index contributed by atoms with van der Waals surface area (Å²) in [5.74, 6) is 5.57. The average molecular weight is 400 g/mol. The summed E-state index contributed by atoms with van der Waals surface area (Å²) in [5.41, 5.74) is 2.70. The molecule has 0 aliphatic carbocycles. The molecular formula is C18H14BrN3OS. The molecular weight excluding hydrogens is 386 g/mol. The van der Waals surface area contributed by atoms with Crippen molar-refractivity contribution in [3.63, 3.8) is 0 Å². The van der Waals surface area contributed by atoms with E-state index in [-0.39, 0.29) is 5.91 Å². The molecule has 120 valence electrons. The Morgan fingerprint density at radius 2 is 1.83 bits per heavy atom. The van der Waals surface area contributed by atoms with Gasteiger partial charge in [-0.25, -0.2) is 15.8 Å². The van der Waals surface area contributed by atoms with Crippen LogP contribution in [-0.4, -0.2) is 10.9 Å². The van der Waals surface area contributed by atoms with Gasteiger partial charge < -0.3 is 0 Å². The van der Waals surface area contributed by atoms with Gasteiger partial charge in [-0.05, 0) is 23.8 Å². The van der Waals surface area contributed by atoms with Gasteiger partial charge in [0.1, 0.15) is 0 Å². The number of nitrogens with zero attached hydrogens (tertiary/aromatic N) is 2. The highest BCUT2D eigenvalue weighted by Crippen LogP contribution is 2.27. The fourth-order valence-corrected chi connectivity index (χ4v) is 3.06. The lowest BCUT2D eigenvalue weighted by molar-refractivity contribution is -0.114. The van der Waals surface area contributed by atoms with E-state index in [1.165, 1.54) is 17.4 Å². The zero-order valence-corrected chi connectivity index (χ0v) is 15.0. The lowest BCUT2D eigenvalue weighted by atomic mass is 10.2. The van der Waals surface area contributed by atoms with Crippen LogP contribution < -0.4 is 10.9 Å². The highest BCUT2D eigenvalue weighted by Gasteiger charge is 2.13. The monoisotopic (exact) mass is 399 g/mol. The minimum absolute atomic E-state index is 0.324. The lowest BCUT2D eigenvalue weighted by Crippen LogP contribution is -2.36. The number of rotatable bonds is 4. The molecule has 24 heavy (non-hydrogen) atoms. The third-order valence-corrected chi connectivity index (χ3v) is 4.66. The van der Waals surface area contributed by atoms with Crippen LogP contribution in [0.25, 0.3) is 17.3 Å². The number of amides is 1. The molecule has 0 atom stereocenters. The van der Waals surface area contributed by atoms with Crippen LogP contribution in [0.1, 0.15) is 5.56 Å². The van der Waals surface area contributed by atoms with Crippen LogP contribution in [0.3, 0.4) is 0 Å². The summed E-state index contributed by atoms with van der Waals surface area (Å²) in [7, 11) is 0. The second kappa shape index (κ2) is 7.53. The number of carbonyl (C=O) groups is 1. The van der Waals surface area contributed by atoms with E-state index in [4.69, 9.17) is 5.84 Å². The van der Waals surface area contributed by atoms with E-state index >= 15 is 0 Å². The molecule has 0 saturated heterocycles. The van der Waals surface area contributed by atoms with Gasteiger partial charge in [0.25, 0.3) is 5.91 Å². The Hall–Kier alpha value is -2.28. The standard InChI is InChI=1S/C18H14BrN3OS/c19-15-9-7-14(8-10-15)16-12-24-18(21-16)22(20)17(23)11-6-13-4-2-1-3-5-13/h1-12H,20H2. The molecule has 3 aromatic rings. The van der Waals surface area contributed by atoms with Crippen molar-refractivity contribution in [2.75, 3.05) is 5.01 Å². The van der Waals surface area contributed by atoms with E-state index in [0.717, 1.165) is 26.3 Å². The molecule has 0 aliphatic rings. The molecule has 1 aromatic heterocycles. The molecule has 6 heteroatoms. The maximum Gasteiger partial charge on any atom is 0.267 e. The van der Waals surface area contributed by atoms with Gasteiger partial charge in [0.05, 0.1) is 5.69 Å². The first-order valence-corrected chi connectivity index (χ1v) is 8.84. The van der Waals surface area contributed by atoms with Gasteiger partial charge >= 0.3 is 0 Å². The topological polar surface area (TPSA) is 59.2 Å². The number of halogens is 1. The molecule has 2 aromatic carbocycles. The van der Waals surface area contributed by atoms with Crippen molar-refractivity contribution in [2.24, 2.45) is 5.84 Å². The Balaban J connectivity index is 1.73. The van der Waals surface area contributed by atoms with Crippen molar-refractivity contribution in [1.82, 2.24) is 4.98 Å². The highest BCUT2D eigenvalue weighted by molar-refractivity contribution is 9.10. The van der Waals surface area contributed by atoms with Crippen molar-refractivity contribution in [3.05, 3.63) is 76.1 Å². The molecule has 1 heterocycles. The van der Waals surface area contributed by atoms with Gasteiger partial charge in [-0.2, -0.15) is 0 Å². The highest BCUT2D eigenvalue weighted by atomic mass is 79.9. The second-order valence-electron chi connectivity index (χ2n) is 4.97. The first-order valence-electron chi connectivity index (χ1n) is 7.17. The van der Waals surface area contributed by atoms with Gasteiger partial charge in [0, 0.05) is 21.5 Å². The third-order valence-electron chi connectivity index (χ3n) is 3.29. The van der Waals surface area contributed by atoms with Crippen LogP contribution in [-0.2, 0) is 4.79 Å². The van der Waals surface area contributed by atoms with Crippen LogP contribution in [0.15, 0.2) is 70.5 Å². The van der Waals surface area contributed by atoms with Gasteiger partial charge in [-0.1, -0.05) is 58.4 Å². The Bertz CT molecular complexity index is 859. The van der Waals surface area contributed by atoms with Crippen LogP contribution >= 0.6 is 27.3 Å². The molecule has 0 radical (unpaired) electrons. The lowest BCUT2D eigenvalue weighted by Gasteiger charge is -2.09. The number of hydrazine groups is 1. The van der Waals surface area contributed by atoms with Crippen LogP contribution in [0.4, 0.5) is 5.13 Å². The predicted molar refractivity (Wildman–Crippen MR) is 102 cm³/mol. The van der Waals surface area contributed by atoms with E-state index in [1.54, 1.807) is 6.08 Å². The number of anilines is 1. The van der Waals surface area contributed by atoms with Crippen molar-refractivity contribution >= 4 is 44.4 Å². The average Bonchev–Trinajstić information content (AvgIpc) is 3.10. The fraction of sp³-hybridized carbons (Fsp3) is 0. The van der Waals surface area contributed by atoms with Crippen LogP contribution in [0.2, 0.25) is 0 Å². The summed E-state index contributed by atoms with van der Waals surface area (Å²) < 4.78 is 1.00. The van der Waals surface area contributed by atoms with Crippen LogP contribution in [0, 0.1) is 0 Å². The minimum Gasteiger partial charge on any atom is -0.268 e. The molecule has 4 nitrogen and oxygen atoms in total. The van der Waals surface area contributed by atoms with Gasteiger partial charge in [0.15, 0.2) is 0 Å². The van der Waals surface area contributed by atoms with Gasteiger partial charge in [-0.15, -0.1) is 11.3 Å². The number of hydrogen-bond donors (Lipinski definition) is 1. The number of benzene rings is 2. The van der Waals surface area contributed by atoms with Crippen molar-refractivity contribution in [1.29, 1.82) is 0 Å². The van der Waals surface area contributed by atoms with E-state index in [9.17, 15) is 4.79 Å². The van der Waals surface area contributed by atoms with Crippen molar-refractivity contribution < 1.29 is 4.79 Å². The van der Waals surface area contributed by atoms with E-state index < -0.39 is 0 Å². The van der Waals surface area contributed by atoms with E-state index in [2.05, 4.69) is 20.9 Å². The van der Waals surface area contributed by atoms with Crippen molar-refractivity contribution in [3.8, 4) is 11.3 Å². The smallest absolute Gasteiger partial charge is 0.267 e. The maximum absolute atomic E-state index is 12.2. The molecule has 1 amide bonds. The molecule has 3 rings (SSSR count). The Kier molecular flexibility index (Phi) is 5.20. The first-order chi connectivity index (χ1) is 11.6. The summed E-state index contributed by atoms with van der Waals surface area (Å²) in [6, 6.07) is 17.4. The Morgan fingerprint density at radius 1 is 1.12 bits per heavy atom. The predicted octanol–water partition coefficient (Wildman–Crippen LogP) is 4.49. The van der Waals surface area contributed by atoms with E-state index in [1.807, 2.05) is 60.0 Å². The molecule has 0 unspecified atom stereocenters. The first kappa shape index (κ1) is 16.6. The third kappa shape index (κ3) is 3.97. The van der Waals surface area contributed by atoms with E-state index in [0.29, 0.717) is 5.13 Å². The molecule has 0 aliphatic heterocycles. The molecule has 2 N–H and O–H groups in total. The Morgan fingerprint density at radius 3 is 2.54 bits per heavy atom. The SMILES string of the molecule is NN(C(=O)C=Cc1ccccc1)c1nc(-c2ccc(Br)cc2)cs1. The normalized spacial score (nSPS) is 10.9. The molecule has 0 fully saturated rings. The molecule has 0 saturated carbocycles. The van der Waals surface area contributed by atoms with Gasteiger partial charge in [-0.3, -0.25) is 4.79 Å². The number of thiazole rings is 1. The number of aromatic nitrogens is 1. The van der Waals surface area contributed by atoms with Crippen molar-refractivity contribution in [2.45, 2.75) is 0 Å². The van der Waals surface area contributed by atoms with Gasteiger partial charge in [0.2, 0.25) is 5.13 Å². The summed E-state index contributed by atoms with van der Waals surface area (Å²) >= 11 is 4.73. The molecule has 0 bridgehead atoms. The largest absolute Gasteiger partial charge is 0.268 e. The Labute approximate surface area is 152 Å². The summed E-state index contributed by atoms with van der Waals surface area (Å²) in [6.07, 6.45) is 3.17. The number of hydrogen-bond acceptors (Lipinski definition) is 4. The van der Waals surface area contributed by atoms with Crippen LogP contribution in [0.5, 0.6) is 0 Å². The summed E-state index contributed by atoms with van der Waals surface area (Å²) in [5, 5.41) is 3.40. The molecule has 0 spiro atoms. The maximum atomic E-state index is 12.2. The summed E-state index contributed by atoms with van der Waals surface area (Å²) in [4.78, 5) is 16.6. The quantitative estimate of drug-likeness (QED) is 0.304. The zero-order chi connectivity index (χ0) is 16.9.